The maximum atomic E-state index is 11.0. The van der Waals surface area contributed by atoms with E-state index in [0.29, 0.717) is 28.7 Å². The lowest BCUT2D eigenvalue weighted by Gasteiger charge is -2.09. The van der Waals surface area contributed by atoms with Crippen LogP contribution in [0.2, 0.25) is 10.0 Å². The second kappa shape index (κ2) is 7.29. The second-order valence-corrected chi connectivity index (χ2v) is 6.42. The van der Waals surface area contributed by atoms with Gasteiger partial charge in [-0.2, -0.15) is 0 Å². The Morgan fingerprint density at radius 1 is 1.19 bits per heavy atom. The zero-order valence-corrected chi connectivity index (χ0v) is 14.4. The first-order chi connectivity index (χ1) is 9.97. The molecule has 2 rings (SSSR count). The van der Waals surface area contributed by atoms with E-state index >= 15 is 0 Å². The molecule has 0 aliphatic rings. The first-order valence-corrected chi connectivity index (χ1v) is 7.92. The quantitative estimate of drug-likeness (QED) is 0.400. The fourth-order valence-electron chi connectivity index (χ4n) is 1.86. The lowest BCUT2D eigenvalue weighted by atomic mass is 10.1. The second-order valence-electron chi connectivity index (χ2n) is 4.33. The molecule has 2 aromatic carbocycles. The molecule has 0 saturated carbocycles. The van der Waals surface area contributed by atoms with Crippen molar-refractivity contribution in [2.45, 2.75) is 6.42 Å². The summed E-state index contributed by atoms with van der Waals surface area (Å²) >= 11 is 14.0. The highest BCUT2D eigenvalue weighted by Crippen LogP contribution is 2.27. The van der Waals surface area contributed by atoms with Crippen LogP contribution in [0.25, 0.3) is 0 Å². The van der Waals surface area contributed by atoms with Crippen LogP contribution >= 0.6 is 45.8 Å². The van der Waals surface area contributed by atoms with Crippen LogP contribution in [0.1, 0.15) is 5.56 Å². The van der Waals surface area contributed by atoms with Crippen LogP contribution in [-0.4, -0.2) is 11.5 Å². The van der Waals surface area contributed by atoms with E-state index < -0.39 is 0 Å². The van der Waals surface area contributed by atoms with Gasteiger partial charge in [-0.25, -0.2) is 0 Å². The number of benzene rings is 2. The van der Waals surface area contributed by atoms with Crippen LogP contribution in [0, 0.1) is 13.7 Å². The van der Waals surface area contributed by atoms with Crippen molar-refractivity contribution >= 4 is 57.2 Å². The topological polar surface area (TPSA) is 55.2 Å². The van der Waals surface area contributed by atoms with E-state index in [1.165, 1.54) is 6.07 Å². The van der Waals surface area contributed by atoms with Gasteiger partial charge in [0.05, 0.1) is 4.92 Å². The smallest absolute Gasteiger partial charge is 0.293 e. The summed E-state index contributed by atoms with van der Waals surface area (Å²) in [5.41, 5.74) is 1.52. The molecule has 0 atom stereocenters. The minimum Gasteiger partial charge on any atom is -0.379 e. The third-order valence-electron chi connectivity index (χ3n) is 2.88. The molecule has 0 heterocycles. The highest BCUT2D eigenvalue weighted by atomic mass is 127. The number of nitrogens with one attached hydrogen (secondary N) is 1. The van der Waals surface area contributed by atoms with Gasteiger partial charge in [0.25, 0.3) is 5.69 Å². The van der Waals surface area contributed by atoms with Crippen LogP contribution in [0.4, 0.5) is 11.4 Å². The largest absolute Gasteiger partial charge is 0.379 e. The molecular weight excluding hydrogens is 426 g/mol. The Hall–Kier alpha value is -1.05. The molecule has 0 unspecified atom stereocenters. The van der Waals surface area contributed by atoms with Gasteiger partial charge in [-0.15, -0.1) is 0 Å². The molecular formula is C14H11Cl2IN2O2. The minimum atomic E-state index is -0.389. The van der Waals surface area contributed by atoms with E-state index in [1.54, 1.807) is 18.2 Å². The molecule has 7 heteroatoms. The van der Waals surface area contributed by atoms with Gasteiger partial charge in [0.15, 0.2) is 0 Å². The van der Waals surface area contributed by atoms with Gasteiger partial charge in [-0.1, -0.05) is 29.3 Å². The molecule has 0 amide bonds. The van der Waals surface area contributed by atoms with Gasteiger partial charge < -0.3 is 5.32 Å². The van der Waals surface area contributed by atoms with E-state index in [9.17, 15) is 10.1 Å². The highest BCUT2D eigenvalue weighted by molar-refractivity contribution is 14.1. The Balaban J connectivity index is 2.05. The third-order valence-corrected chi connectivity index (χ3v) is 4.14. The predicted molar refractivity (Wildman–Crippen MR) is 94.5 cm³/mol. The van der Waals surface area contributed by atoms with Gasteiger partial charge in [-0.05, 0) is 58.8 Å². The molecule has 110 valence electrons. The third kappa shape index (κ3) is 4.46. The van der Waals surface area contributed by atoms with E-state index in [4.69, 9.17) is 23.2 Å². The van der Waals surface area contributed by atoms with Crippen molar-refractivity contribution in [2.75, 3.05) is 11.9 Å². The zero-order valence-electron chi connectivity index (χ0n) is 10.8. The highest BCUT2D eigenvalue weighted by Gasteiger charge is 2.13. The van der Waals surface area contributed by atoms with Crippen LogP contribution in [0.3, 0.4) is 0 Å². The van der Waals surface area contributed by atoms with Crippen molar-refractivity contribution in [3.05, 3.63) is 65.7 Å². The number of hydrogen-bond acceptors (Lipinski definition) is 3. The lowest BCUT2D eigenvalue weighted by molar-refractivity contribution is -0.384. The van der Waals surface area contributed by atoms with Gasteiger partial charge in [0, 0.05) is 26.2 Å². The SMILES string of the molecule is O=[N+]([O-])c1cc(I)ccc1NCCc1ccc(Cl)cc1Cl. The number of nitro groups is 1. The van der Waals surface area contributed by atoms with E-state index in [1.807, 2.05) is 34.7 Å². The van der Waals surface area contributed by atoms with E-state index in [0.717, 1.165) is 9.13 Å². The fraction of sp³-hybridized carbons (Fsp3) is 0.143. The summed E-state index contributed by atoms with van der Waals surface area (Å²) in [5, 5.41) is 15.3. The molecule has 0 aliphatic carbocycles. The van der Waals surface area contributed by atoms with Crippen LogP contribution in [0.15, 0.2) is 36.4 Å². The van der Waals surface area contributed by atoms with Crippen LogP contribution in [0.5, 0.6) is 0 Å². The van der Waals surface area contributed by atoms with Crippen molar-refractivity contribution in [1.29, 1.82) is 0 Å². The van der Waals surface area contributed by atoms with Crippen molar-refractivity contribution in [2.24, 2.45) is 0 Å². The maximum absolute atomic E-state index is 11.0. The summed E-state index contributed by atoms with van der Waals surface area (Å²) in [4.78, 5) is 10.6. The molecule has 0 radical (unpaired) electrons. The molecule has 0 aliphatic heterocycles. The summed E-state index contributed by atoms with van der Waals surface area (Å²) in [6.45, 7) is 0.544. The van der Waals surface area contributed by atoms with Crippen molar-refractivity contribution < 1.29 is 4.92 Å². The molecule has 0 spiro atoms. The Bertz CT molecular complexity index is 680. The molecule has 0 saturated heterocycles. The number of nitro benzene ring substituents is 1. The fourth-order valence-corrected chi connectivity index (χ4v) is 2.84. The molecule has 0 bridgehead atoms. The summed E-state index contributed by atoms with van der Waals surface area (Å²) in [6, 6.07) is 10.4. The maximum Gasteiger partial charge on any atom is 0.293 e. The first-order valence-electron chi connectivity index (χ1n) is 6.09. The predicted octanol–water partition coefficient (Wildman–Crippen LogP) is 5.16. The Labute approximate surface area is 145 Å². The van der Waals surface area contributed by atoms with Crippen LogP contribution in [-0.2, 0) is 6.42 Å². The summed E-state index contributed by atoms with van der Waals surface area (Å²) in [6.07, 6.45) is 0.652. The zero-order chi connectivity index (χ0) is 15.4. The van der Waals surface area contributed by atoms with Gasteiger partial charge in [0.1, 0.15) is 5.69 Å². The van der Waals surface area contributed by atoms with E-state index in [-0.39, 0.29) is 10.6 Å². The molecule has 21 heavy (non-hydrogen) atoms. The van der Waals surface area contributed by atoms with Gasteiger partial charge in [0.2, 0.25) is 0 Å². The van der Waals surface area contributed by atoms with Crippen molar-refractivity contribution in [3.8, 4) is 0 Å². The molecule has 0 fully saturated rings. The number of nitrogens with zero attached hydrogens (tertiary/aromatic N) is 1. The van der Waals surface area contributed by atoms with E-state index in [2.05, 4.69) is 5.32 Å². The Morgan fingerprint density at radius 3 is 2.62 bits per heavy atom. The number of anilines is 1. The van der Waals surface area contributed by atoms with Crippen LogP contribution < -0.4 is 5.32 Å². The molecule has 1 N–H and O–H groups in total. The monoisotopic (exact) mass is 436 g/mol. The van der Waals surface area contributed by atoms with Crippen molar-refractivity contribution in [1.82, 2.24) is 0 Å². The van der Waals surface area contributed by atoms with Gasteiger partial charge in [-0.3, -0.25) is 10.1 Å². The van der Waals surface area contributed by atoms with Gasteiger partial charge >= 0.3 is 0 Å². The normalized spacial score (nSPS) is 10.4. The summed E-state index contributed by atoms with van der Waals surface area (Å²) < 4.78 is 0.825. The summed E-state index contributed by atoms with van der Waals surface area (Å²) in [7, 11) is 0. The Kier molecular flexibility index (Phi) is 5.66. The minimum absolute atomic E-state index is 0.0732. The molecule has 4 nitrogen and oxygen atoms in total. The number of rotatable bonds is 5. The van der Waals surface area contributed by atoms with Crippen molar-refractivity contribution in [3.63, 3.8) is 0 Å². The summed E-state index contributed by atoms with van der Waals surface area (Å²) in [5.74, 6) is 0. The molecule has 0 aromatic heterocycles. The average molecular weight is 437 g/mol. The first kappa shape index (κ1) is 16.3. The number of halogens is 3. The average Bonchev–Trinajstić information content (AvgIpc) is 2.42. The standard InChI is InChI=1S/C14H11Cl2IN2O2/c15-10-2-1-9(12(16)7-10)5-6-18-13-4-3-11(17)8-14(13)19(20)21/h1-4,7-8,18H,5-6H2. The molecule has 2 aromatic rings. The number of hydrogen-bond donors (Lipinski definition) is 1. The lowest BCUT2D eigenvalue weighted by Crippen LogP contribution is -2.07. The Morgan fingerprint density at radius 2 is 1.95 bits per heavy atom.